The maximum Gasteiger partial charge on any atom is 0.244 e. The zero-order valence-corrected chi connectivity index (χ0v) is 13.8. The van der Waals surface area contributed by atoms with E-state index < -0.39 is 10.0 Å². The van der Waals surface area contributed by atoms with Gasteiger partial charge in [0.2, 0.25) is 10.0 Å². The summed E-state index contributed by atoms with van der Waals surface area (Å²) >= 11 is 3.56. The van der Waals surface area contributed by atoms with Crippen molar-refractivity contribution in [3.63, 3.8) is 0 Å². The molecule has 19 heavy (non-hydrogen) atoms. The van der Waals surface area contributed by atoms with E-state index in [1.807, 2.05) is 0 Å². The molecule has 0 aliphatic rings. The summed E-state index contributed by atoms with van der Waals surface area (Å²) in [5, 5.41) is 3.17. The first-order chi connectivity index (χ1) is 8.87. The molecule has 0 fully saturated rings. The fourth-order valence-corrected chi connectivity index (χ4v) is 2.49. The number of anilines is 1. The second-order valence-corrected chi connectivity index (χ2v) is 7.83. The third-order valence-electron chi connectivity index (χ3n) is 2.72. The van der Waals surface area contributed by atoms with E-state index in [4.69, 9.17) is 0 Å². The number of hydrogen-bond donors (Lipinski definition) is 1. The van der Waals surface area contributed by atoms with Gasteiger partial charge < -0.3 is 5.32 Å². The largest absolute Gasteiger partial charge is 0.370 e. The van der Waals surface area contributed by atoms with Gasteiger partial charge in [0.25, 0.3) is 0 Å². The second-order valence-electron chi connectivity index (χ2n) is 4.39. The van der Waals surface area contributed by atoms with Crippen LogP contribution in [0.3, 0.4) is 0 Å². The van der Waals surface area contributed by atoms with Gasteiger partial charge in [-0.2, -0.15) is 0 Å². The van der Waals surface area contributed by atoms with Crippen molar-refractivity contribution in [3.8, 4) is 0 Å². The first-order valence-electron chi connectivity index (χ1n) is 6.14. The van der Waals surface area contributed by atoms with Crippen LogP contribution in [0.2, 0.25) is 0 Å². The van der Waals surface area contributed by atoms with Crippen molar-refractivity contribution in [3.05, 3.63) is 18.3 Å². The summed E-state index contributed by atoms with van der Waals surface area (Å²) < 4.78 is 24.9. The average molecular weight is 350 g/mol. The van der Waals surface area contributed by atoms with E-state index in [-0.39, 0.29) is 4.90 Å². The van der Waals surface area contributed by atoms with Crippen LogP contribution in [0.4, 0.5) is 5.82 Å². The quantitative estimate of drug-likeness (QED) is 0.767. The van der Waals surface area contributed by atoms with Crippen molar-refractivity contribution in [1.82, 2.24) is 9.29 Å². The molecule has 1 unspecified atom stereocenters. The number of aromatic nitrogens is 1. The van der Waals surface area contributed by atoms with Gasteiger partial charge in [0.15, 0.2) is 0 Å². The Morgan fingerprint density at radius 1 is 1.42 bits per heavy atom. The van der Waals surface area contributed by atoms with Crippen LogP contribution in [0.5, 0.6) is 0 Å². The standard InChI is InChI=1S/C12H20BrN3O2S/c1-4-10(13)7-8-14-12-6-5-11(9-15-12)19(17,18)16(2)3/h5-6,9-10H,4,7-8H2,1-3H3,(H,14,15). The molecule has 0 amide bonds. The van der Waals surface area contributed by atoms with Crippen LogP contribution in [-0.4, -0.2) is 43.2 Å². The molecule has 108 valence electrons. The molecule has 0 saturated heterocycles. The molecule has 0 saturated carbocycles. The Hall–Kier alpha value is -0.660. The Bertz CT molecular complexity index is 488. The number of halogens is 1. The molecule has 0 spiro atoms. The van der Waals surface area contributed by atoms with Crippen LogP contribution >= 0.6 is 15.9 Å². The van der Waals surface area contributed by atoms with E-state index in [2.05, 4.69) is 33.2 Å². The molecule has 0 aromatic carbocycles. The lowest BCUT2D eigenvalue weighted by atomic mass is 10.2. The fourth-order valence-electron chi connectivity index (χ4n) is 1.41. The van der Waals surface area contributed by atoms with Crippen LogP contribution in [0.1, 0.15) is 19.8 Å². The monoisotopic (exact) mass is 349 g/mol. The summed E-state index contributed by atoms with van der Waals surface area (Å²) in [7, 11) is -0.391. The highest BCUT2D eigenvalue weighted by atomic mass is 79.9. The highest BCUT2D eigenvalue weighted by Gasteiger charge is 2.17. The highest BCUT2D eigenvalue weighted by molar-refractivity contribution is 9.09. The number of pyridine rings is 1. The number of sulfonamides is 1. The van der Waals surface area contributed by atoms with E-state index in [1.165, 1.54) is 24.6 Å². The van der Waals surface area contributed by atoms with Crippen molar-refractivity contribution in [1.29, 1.82) is 0 Å². The third kappa shape index (κ3) is 4.74. The maximum absolute atomic E-state index is 11.8. The Labute approximate surface area is 123 Å². The molecule has 1 N–H and O–H groups in total. The summed E-state index contributed by atoms with van der Waals surface area (Å²) in [4.78, 5) is 4.82. The average Bonchev–Trinajstić information content (AvgIpc) is 2.39. The topological polar surface area (TPSA) is 62.3 Å². The lowest BCUT2D eigenvalue weighted by Crippen LogP contribution is -2.22. The van der Waals surface area contributed by atoms with Gasteiger partial charge in [-0.05, 0) is 25.0 Å². The lowest BCUT2D eigenvalue weighted by molar-refractivity contribution is 0.520. The Balaban J connectivity index is 2.62. The van der Waals surface area contributed by atoms with Gasteiger partial charge in [0.1, 0.15) is 10.7 Å². The lowest BCUT2D eigenvalue weighted by Gasteiger charge is -2.12. The SMILES string of the molecule is CCC(Br)CCNc1ccc(S(=O)(=O)N(C)C)cn1. The number of nitrogens with zero attached hydrogens (tertiary/aromatic N) is 2. The predicted molar refractivity (Wildman–Crippen MR) is 81.2 cm³/mol. The molecule has 0 aliphatic heterocycles. The summed E-state index contributed by atoms with van der Waals surface area (Å²) in [6, 6.07) is 3.25. The van der Waals surface area contributed by atoms with Crippen molar-refractivity contribution >= 4 is 31.8 Å². The normalized spacial score (nSPS) is 13.5. The Morgan fingerprint density at radius 2 is 2.11 bits per heavy atom. The summed E-state index contributed by atoms with van der Waals surface area (Å²) in [6.45, 7) is 2.93. The minimum Gasteiger partial charge on any atom is -0.370 e. The third-order valence-corrected chi connectivity index (χ3v) is 5.63. The molecule has 1 heterocycles. The minimum absolute atomic E-state index is 0.204. The van der Waals surface area contributed by atoms with Crippen LogP contribution in [0.25, 0.3) is 0 Å². The van der Waals surface area contributed by atoms with Crippen molar-refractivity contribution in [2.45, 2.75) is 29.5 Å². The Kier molecular flexibility index (Phi) is 6.22. The Morgan fingerprint density at radius 3 is 2.58 bits per heavy atom. The van der Waals surface area contributed by atoms with E-state index in [0.717, 1.165) is 19.4 Å². The zero-order chi connectivity index (χ0) is 14.5. The molecule has 1 aromatic rings. The summed E-state index contributed by atoms with van der Waals surface area (Å²) in [5.41, 5.74) is 0. The number of nitrogens with one attached hydrogen (secondary N) is 1. The van der Waals surface area contributed by atoms with Gasteiger partial charge in [-0.25, -0.2) is 17.7 Å². The molecule has 0 aliphatic carbocycles. The fraction of sp³-hybridized carbons (Fsp3) is 0.583. The summed E-state index contributed by atoms with van der Waals surface area (Å²) in [6.07, 6.45) is 3.45. The van der Waals surface area contributed by atoms with E-state index in [1.54, 1.807) is 12.1 Å². The maximum atomic E-state index is 11.8. The number of rotatable bonds is 7. The zero-order valence-electron chi connectivity index (χ0n) is 11.4. The van der Waals surface area contributed by atoms with E-state index in [9.17, 15) is 8.42 Å². The van der Waals surface area contributed by atoms with Crippen molar-refractivity contribution in [2.75, 3.05) is 26.0 Å². The molecule has 1 aromatic heterocycles. The van der Waals surface area contributed by atoms with E-state index in [0.29, 0.717) is 10.6 Å². The van der Waals surface area contributed by atoms with Crippen LogP contribution in [0.15, 0.2) is 23.2 Å². The van der Waals surface area contributed by atoms with E-state index >= 15 is 0 Å². The van der Waals surface area contributed by atoms with Gasteiger partial charge in [0, 0.05) is 31.7 Å². The predicted octanol–water partition coefficient (Wildman–Crippen LogP) is 2.31. The number of alkyl halides is 1. The molecule has 0 bridgehead atoms. The molecule has 7 heteroatoms. The van der Waals surface area contributed by atoms with Gasteiger partial charge >= 0.3 is 0 Å². The minimum atomic E-state index is -3.40. The van der Waals surface area contributed by atoms with Gasteiger partial charge in [-0.3, -0.25) is 0 Å². The van der Waals surface area contributed by atoms with Gasteiger partial charge in [-0.15, -0.1) is 0 Å². The van der Waals surface area contributed by atoms with Crippen LogP contribution < -0.4 is 5.32 Å². The van der Waals surface area contributed by atoms with Gasteiger partial charge in [-0.1, -0.05) is 22.9 Å². The van der Waals surface area contributed by atoms with Gasteiger partial charge in [0.05, 0.1) is 0 Å². The van der Waals surface area contributed by atoms with Crippen LogP contribution in [0, 0.1) is 0 Å². The second kappa shape index (κ2) is 7.21. The molecular formula is C12H20BrN3O2S. The molecule has 0 radical (unpaired) electrons. The molecular weight excluding hydrogens is 330 g/mol. The molecule has 1 rings (SSSR count). The first-order valence-corrected chi connectivity index (χ1v) is 8.50. The van der Waals surface area contributed by atoms with Crippen molar-refractivity contribution in [2.24, 2.45) is 0 Å². The molecule has 5 nitrogen and oxygen atoms in total. The first kappa shape index (κ1) is 16.4. The molecule has 1 atom stereocenters. The highest BCUT2D eigenvalue weighted by Crippen LogP contribution is 2.14. The summed E-state index contributed by atoms with van der Waals surface area (Å²) in [5.74, 6) is 0.688. The van der Waals surface area contributed by atoms with Crippen molar-refractivity contribution < 1.29 is 8.42 Å². The number of hydrogen-bond acceptors (Lipinski definition) is 4. The smallest absolute Gasteiger partial charge is 0.244 e. The van der Waals surface area contributed by atoms with Crippen LogP contribution in [-0.2, 0) is 10.0 Å².